The summed E-state index contributed by atoms with van der Waals surface area (Å²) in [4.78, 5) is 13.9. The fourth-order valence-electron chi connectivity index (χ4n) is 2.08. The van der Waals surface area contributed by atoms with E-state index in [9.17, 15) is 9.90 Å². The van der Waals surface area contributed by atoms with Crippen LogP contribution in [0, 0.1) is 0 Å². The van der Waals surface area contributed by atoms with Crippen molar-refractivity contribution in [3.8, 4) is 5.75 Å². The van der Waals surface area contributed by atoms with Crippen LogP contribution in [-0.2, 0) is 0 Å². The Morgan fingerprint density at radius 3 is 2.89 bits per heavy atom. The third kappa shape index (κ3) is 3.01. The second-order valence-corrected chi connectivity index (χ2v) is 4.89. The second-order valence-electron chi connectivity index (χ2n) is 4.89. The van der Waals surface area contributed by atoms with Crippen LogP contribution in [0.1, 0.15) is 30.6 Å². The molecule has 1 atom stereocenters. The Morgan fingerprint density at radius 1 is 1.50 bits per heavy atom. The molecule has 4 heteroatoms. The molecule has 1 aliphatic rings. The number of likely N-dealkylation sites (tertiary alicyclic amines) is 1. The van der Waals surface area contributed by atoms with Gasteiger partial charge in [-0.05, 0) is 38.5 Å². The molecule has 1 heterocycles. The minimum absolute atomic E-state index is 0.0410. The summed E-state index contributed by atoms with van der Waals surface area (Å²) in [5, 5.41) is 9.45. The molecule has 18 heavy (non-hydrogen) atoms. The van der Waals surface area contributed by atoms with Crippen molar-refractivity contribution in [3.05, 3.63) is 29.8 Å². The van der Waals surface area contributed by atoms with Crippen LogP contribution in [0.25, 0.3) is 0 Å². The van der Waals surface area contributed by atoms with Crippen molar-refractivity contribution in [1.29, 1.82) is 0 Å². The smallest absolute Gasteiger partial charge is 0.254 e. The molecule has 0 aromatic heterocycles. The van der Waals surface area contributed by atoms with E-state index in [0.717, 1.165) is 0 Å². The van der Waals surface area contributed by atoms with Crippen LogP contribution >= 0.6 is 0 Å². The number of benzene rings is 1. The van der Waals surface area contributed by atoms with Crippen LogP contribution in [0.2, 0.25) is 0 Å². The fraction of sp³-hybridized carbons (Fsp3) is 0.500. The number of nitrogens with zero attached hydrogens (tertiary/aromatic N) is 1. The van der Waals surface area contributed by atoms with E-state index in [-0.39, 0.29) is 18.1 Å². The van der Waals surface area contributed by atoms with Gasteiger partial charge in [0.05, 0.1) is 12.2 Å². The van der Waals surface area contributed by atoms with E-state index < -0.39 is 0 Å². The Labute approximate surface area is 107 Å². The van der Waals surface area contributed by atoms with Gasteiger partial charge in [0, 0.05) is 18.7 Å². The lowest BCUT2D eigenvalue weighted by Crippen LogP contribution is -2.29. The van der Waals surface area contributed by atoms with Crippen molar-refractivity contribution < 1.29 is 14.6 Å². The van der Waals surface area contributed by atoms with Gasteiger partial charge >= 0.3 is 0 Å². The van der Waals surface area contributed by atoms with Crippen LogP contribution in [0.3, 0.4) is 0 Å². The fourth-order valence-corrected chi connectivity index (χ4v) is 2.08. The van der Waals surface area contributed by atoms with Crippen LogP contribution < -0.4 is 4.74 Å². The molecule has 1 saturated heterocycles. The Balaban J connectivity index is 2.10. The first kappa shape index (κ1) is 12.9. The van der Waals surface area contributed by atoms with Gasteiger partial charge in [0.15, 0.2) is 0 Å². The predicted octanol–water partition coefficient (Wildman–Crippen LogP) is 1.68. The van der Waals surface area contributed by atoms with E-state index in [0.29, 0.717) is 30.8 Å². The van der Waals surface area contributed by atoms with E-state index in [1.165, 1.54) is 0 Å². The number of amides is 1. The highest BCUT2D eigenvalue weighted by molar-refractivity contribution is 5.94. The zero-order valence-corrected chi connectivity index (χ0v) is 10.8. The number of carbonyl (C=O) groups excluding carboxylic acids is 1. The number of aliphatic hydroxyl groups is 1. The highest BCUT2D eigenvalue weighted by Gasteiger charge is 2.25. The van der Waals surface area contributed by atoms with E-state index >= 15 is 0 Å². The van der Waals surface area contributed by atoms with Gasteiger partial charge in [0.25, 0.3) is 5.91 Å². The topological polar surface area (TPSA) is 49.8 Å². The lowest BCUT2D eigenvalue weighted by atomic mass is 10.2. The first-order chi connectivity index (χ1) is 8.56. The monoisotopic (exact) mass is 249 g/mol. The average molecular weight is 249 g/mol. The number of hydrogen-bond donors (Lipinski definition) is 1. The molecule has 1 fully saturated rings. The maximum Gasteiger partial charge on any atom is 0.254 e. The predicted molar refractivity (Wildman–Crippen MR) is 68.7 cm³/mol. The number of carbonyl (C=O) groups is 1. The Kier molecular flexibility index (Phi) is 3.87. The third-order valence-electron chi connectivity index (χ3n) is 2.90. The largest absolute Gasteiger partial charge is 0.491 e. The normalized spacial score (nSPS) is 19.3. The summed E-state index contributed by atoms with van der Waals surface area (Å²) >= 11 is 0. The number of ether oxygens (including phenoxy) is 1. The Bertz CT molecular complexity index is 431. The molecular formula is C14H19NO3. The van der Waals surface area contributed by atoms with Crippen molar-refractivity contribution in [1.82, 2.24) is 4.90 Å². The third-order valence-corrected chi connectivity index (χ3v) is 2.90. The Morgan fingerprint density at radius 2 is 2.28 bits per heavy atom. The maximum absolute atomic E-state index is 12.2. The van der Waals surface area contributed by atoms with Crippen LogP contribution in [0.15, 0.2) is 24.3 Å². The SMILES string of the molecule is CC(C)Oc1cccc(C(=O)N2CCC(O)C2)c1. The standard InChI is InChI=1S/C14H19NO3/c1-10(2)18-13-5-3-4-11(8-13)14(17)15-7-6-12(16)9-15/h3-5,8,10,12,16H,6-7,9H2,1-2H3. The molecule has 4 nitrogen and oxygen atoms in total. The molecule has 0 radical (unpaired) electrons. The van der Waals surface area contributed by atoms with Crippen molar-refractivity contribution in [2.75, 3.05) is 13.1 Å². The molecular weight excluding hydrogens is 230 g/mol. The highest BCUT2D eigenvalue weighted by Crippen LogP contribution is 2.18. The summed E-state index contributed by atoms with van der Waals surface area (Å²) in [6.45, 7) is 4.94. The quantitative estimate of drug-likeness (QED) is 0.886. The zero-order chi connectivity index (χ0) is 13.1. The number of rotatable bonds is 3. The zero-order valence-electron chi connectivity index (χ0n) is 10.8. The van der Waals surface area contributed by atoms with Gasteiger partial charge in [-0.3, -0.25) is 4.79 Å². The van der Waals surface area contributed by atoms with Crippen LogP contribution in [-0.4, -0.2) is 41.2 Å². The van der Waals surface area contributed by atoms with Crippen molar-refractivity contribution in [2.24, 2.45) is 0 Å². The maximum atomic E-state index is 12.2. The minimum atomic E-state index is -0.385. The summed E-state index contributed by atoms with van der Waals surface area (Å²) in [7, 11) is 0. The molecule has 1 aromatic carbocycles. The summed E-state index contributed by atoms with van der Waals surface area (Å²) in [5.74, 6) is 0.663. The van der Waals surface area contributed by atoms with E-state index in [1.807, 2.05) is 26.0 Å². The molecule has 0 aliphatic carbocycles. The van der Waals surface area contributed by atoms with Gasteiger partial charge in [-0.2, -0.15) is 0 Å². The molecule has 2 rings (SSSR count). The van der Waals surface area contributed by atoms with E-state index in [2.05, 4.69) is 0 Å². The molecule has 1 aliphatic heterocycles. The van der Waals surface area contributed by atoms with Crippen molar-refractivity contribution >= 4 is 5.91 Å². The van der Waals surface area contributed by atoms with Gasteiger partial charge in [-0.25, -0.2) is 0 Å². The lowest BCUT2D eigenvalue weighted by molar-refractivity contribution is 0.0764. The summed E-state index contributed by atoms with van der Waals surface area (Å²) < 4.78 is 5.57. The molecule has 1 aromatic rings. The highest BCUT2D eigenvalue weighted by atomic mass is 16.5. The van der Waals surface area contributed by atoms with Crippen LogP contribution in [0.5, 0.6) is 5.75 Å². The summed E-state index contributed by atoms with van der Waals surface area (Å²) in [6, 6.07) is 7.19. The molecule has 1 unspecified atom stereocenters. The first-order valence-electron chi connectivity index (χ1n) is 6.30. The molecule has 0 saturated carbocycles. The van der Waals surface area contributed by atoms with E-state index in [4.69, 9.17) is 4.74 Å². The molecule has 0 spiro atoms. The van der Waals surface area contributed by atoms with Gasteiger partial charge in [-0.15, -0.1) is 0 Å². The number of aliphatic hydroxyl groups excluding tert-OH is 1. The van der Waals surface area contributed by atoms with Gasteiger partial charge in [-0.1, -0.05) is 6.07 Å². The average Bonchev–Trinajstić information content (AvgIpc) is 2.74. The summed E-state index contributed by atoms with van der Waals surface area (Å²) in [6.07, 6.45) is 0.362. The van der Waals surface area contributed by atoms with Crippen molar-refractivity contribution in [3.63, 3.8) is 0 Å². The second kappa shape index (κ2) is 5.40. The van der Waals surface area contributed by atoms with Gasteiger partial charge in [0.2, 0.25) is 0 Å². The first-order valence-corrected chi connectivity index (χ1v) is 6.30. The minimum Gasteiger partial charge on any atom is -0.491 e. The molecule has 98 valence electrons. The number of β-amino-alcohol motifs (C(OH)–C–C–N with tert-alkyl or cyclic N) is 1. The van der Waals surface area contributed by atoms with Crippen LogP contribution in [0.4, 0.5) is 0 Å². The van der Waals surface area contributed by atoms with Crippen molar-refractivity contribution in [2.45, 2.75) is 32.5 Å². The number of hydrogen-bond acceptors (Lipinski definition) is 3. The van der Waals surface area contributed by atoms with E-state index in [1.54, 1.807) is 17.0 Å². The van der Waals surface area contributed by atoms with Gasteiger partial charge in [0.1, 0.15) is 5.75 Å². The Hall–Kier alpha value is -1.55. The lowest BCUT2D eigenvalue weighted by Gasteiger charge is -2.16. The molecule has 0 bridgehead atoms. The molecule has 1 N–H and O–H groups in total. The molecule has 1 amide bonds. The summed E-state index contributed by atoms with van der Waals surface area (Å²) in [5.41, 5.74) is 0.613. The van der Waals surface area contributed by atoms with Gasteiger partial charge < -0.3 is 14.7 Å².